The van der Waals surface area contributed by atoms with E-state index in [1.54, 1.807) is 7.11 Å². The summed E-state index contributed by atoms with van der Waals surface area (Å²) >= 11 is 0. The molecule has 1 heterocycles. The van der Waals surface area contributed by atoms with Crippen molar-refractivity contribution >= 4 is 18.3 Å². The molecule has 0 aromatic heterocycles. The van der Waals surface area contributed by atoms with Crippen molar-refractivity contribution in [2.24, 2.45) is 5.92 Å². The zero-order chi connectivity index (χ0) is 11.8. The third-order valence-corrected chi connectivity index (χ3v) is 3.29. The van der Waals surface area contributed by atoms with Gasteiger partial charge in [0.15, 0.2) is 0 Å². The fourth-order valence-electron chi connectivity index (χ4n) is 2.17. The molecule has 1 amide bonds. The van der Waals surface area contributed by atoms with E-state index in [2.05, 4.69) is 5.32 Å². The second kappa shape index (κ2) is 9.68. The highest BCUT2D eigenvalue weighted by Gasteiger charge is 2.21. The number of nitrogens with one attached hydrogen (secondary N) is 1. The third kappa shape index (κ3) is 6.24. The highest BCUT2D eigenvalue weighted by Crippen LogP contribution is 2.20. The molecule has 17 heavy (non-hydrogen) atoms. The Bertz CT molecular complexity index is 207. The van der Waals surface area contributed by atoms with Gasteiger partial charge in [-0.15, -0.1) is 12.4 Å². The Balaban J connectivity index is 0.00000256. The Morgan fingerprint density at radius 3 is 2.59 bits per heavy atom. The van der Waals surface area contributed by atoms with E-state index in [0.29, 0.717) is 13.0 Å². The van der Waals surface area contributed by atoms with Gasteiger partial charge in [0.1, 0.15) is 0 Å². The molecular formula is C12H25ClN2O2. The van der Waals surface area contributed by atoms with Crippen LogP contribution < -0.4 is 5.32 Å². The van der Waals surface area contributed by atoms with Gasteiger partial charge in [-0.1, -0.05) is 0 Å². The van der Waals surface area contributed by atoms with Crippen LogP contribution in [0, 0.1) is 5.92 Å². The summed E-state index contributed by atoms with van der Waals surface area (Å²) in [6.45, 7) is 3.48. The molecule has 0 aliphatic carbocycles. The fraction of sp³-hybridized carbons (Fsp3) is 0.917. The minimum Gasteiger partial charge on any atom is -0.384 e. The molecule has 1 N–H and O–H groups in total. The molecule has 1 aliphatic heterocycles. The van der Waals surface area contributed by atoms with E-state index >= 15 is 0 Å². The van der Waals surface area contributed by atoms with Crippen molar-refractivity contribution in [3.8, 4) is 0 Å². The minimum atomic E-state index is 0. The number of hydrogen-bond acceptors (Lipinski definition) is 3. The van der Waals surface area contributed by atoms with E-state index < -0.39 is 0 Å². The van der Waals surface area contributed by atoms with Gasteiger partial charge in [0.2, 0.25) is 5.91 Å². The van der Waals surface area contributed by atoms with Crippen LogP contribution in [0.5, 0.6) is 0 Å². The third-order valence-electron chi connectivity index (χ3n) is 3.29. The maximum absolute atomic E-state index is 11.7. The van der Waals surface area contributed by atoms with Crippen LogP contribution in [0.1, 0.15) is 25.7 Å². The van der Waals surface area contributed by atoms with E-state index in [1.165, 1.54) is 6.42 Å². The number of carbonyl (C=O) groups is 1. The lowest BCUT2D eigenvalue weighted by Gasteiger charge is -2.32. The van der Waals surface area contributed by atoms with E-state index in [9.17, 15) is 4.79 Å². The van der Waals surface area contributed by atoms with Crippen LogP contribution in [0.15, 0.2) is 0 Å². The van der Waals surface area contributed by atoms with Crippen molar-refractivity contribution in [1.29, 1.82) is 0 Å². The summed E-state index contributed by atoms with van der Waals surface area (Å²) in [6.07, 6.45) is 4.06. The number of amides is 1. The highest BCUT2D eigenvalue weighted by atomic mass is 35.5. The Hall–Kier alpha value is -0.320. The number of likely N-dealkylation sites (tertiary alicyclic amines) is 1. The zero-order valence-electron chi connectivity index (χ0n) is 10.9. The molecule has 0 atom stereocenters. The van der Waals surface area contributed by atoms with Gasteiger partial charge < -0.3 is 15.0 Å². The molecular weight excluding hydrogens is 240 g/mol. The molecule has 1 aliphatic rings. The number of nitrogens with zero attached hydrogens (tertiary/aromatic N) is 1. The molecule has 0 radical (unpaired) electrons. The van der Waals surface area contributed by atoms with Gasteiger partial charge in [-0.2, -0.15) is 0 Å². The first-order valence-corrected chi connectivity index (χ1v) is 6.19. The van der Waals surface area contributed by atoms with Crippen molar-refractivity contribution in [3.05, 3.63) is 0 Å². The van der Waals surface area contributed by atoms with Gasteiger partial charge in [-0.3, -0.25) is 4.79 Å². The molecule has 0 saturated carbocycles. The summed E-state index contributed by atoms with van der Waals surface area (Å²) in [6, 6.07) is 0. The summed E-state index contributed by atoms with van der Waals surface area (Å²) in [4.78, 5) is 13.7. The predicted octanol–water partition coefficient (Wildman–Crippen LogP) is 1.29. The van der Waals surface area contributed by atoms with E-state index in [-0.39, 0.29) is 18.3 Å². The SMILES string of the molecule is CNCCC1CCN(C(=O)CCOC)CC1.Cl. The standard InChI is InChI=1S/C12H24N2O2.ClH/c1-13-7-3-11-4-8-14(9-5-11)12(15)6-10-16-2;/h11,13H,3-10H2,1-2H3;1H. The average molecular weight is 265 g/mol. The predicted molar refractivity (Wildman–Crippen MR) is 71.6 cm³/mol. The minimum absolute atomic E-state index is 0. The van der Waals surface area contributed by atoms with E-state index in [1.807, 2.05) is 11.9 Å². The quantitative estimate of drug-likeness (QED) is 0.786. The molecule has 5 heteroatoms. The maximum Gasteiger partial charge on any atom is 0.224 e. The Kier molecular flexibility index (Phi) is 9.50. The molecule has 1 fully saturated rings. The summed E-state index contributed by atoms with van der Waals surface area (Å²) in [5.41, 5.74) is 0. The van der Waals surface area contributed by atoms with E-state index in [4.69, 9.17) is 4.74 Å². The number of carbonyl (C=O) groups excluding carboxylic acids is 1. The average Bonchev–Trinajstić information content (AvgIpc) is 2.34. The molecule has 0 aromatic rings. The fourth-order valence-corrected chi connectivity index (χ4v) is 2.17. The Morgan fingerprint density at radius 1 is 1.41 bits per heavy atom. The van der Waals surface area contributed by atoms with Crippen LogP contribution in [-0.4, -0.2) is 51.2 Å². The number of piperidine rings is 1. The molecule has 1 saturated heterocycles. The van der Waals surface area contributed by atoms with Crippen molar-refractivity contribution in [2.45, 2.75) is 25.7 Å². The molecule has 0 aromatic carbocycles. The van der Waals surface area contributed by atoms with Gasteiger partial charge in [-0.05, 0) is 38.8 Å². The van der Waals surface area contributed by atoms with Crippen molar-refractivity contribution < 1.29 is 9.53 Å². The lowest BCUT2D eigenvalue weighted by atomic mass is 9.93. The van der Waals surface area contributed by atoms with Crippen LogP contribution in [0.2, 0.25) is 0 Å². The van der Waals surface area contributed by atoms with Gasteiger partial charge in [-0.25, -0.2) is 0 Å². The normalized spacial score (nSPS) is 16.7. The van der Waals surface area contributed by atoms with Crippen LogP contribution in [0.4, 0.5) is 0 Å². The molecule has 4 nitrogen and oxygen atoms in total. The maximum atomic E-state index is 11.7. The van der Waals surface area contributed by atoms with Gasteiger partial charge in [0.05, 0.1) is 13.0 Å². The smallest absolute Gasteiger partial charge is 0.224 e. The number of halogens is 1. The number of methoxy groups -OCH3 is 1. The topological polar surface area (TPSA) is 41.6 Å². The van der Waals surface area contributed by atoms with Crippen molar-refractivity contribution in [1.82, 2.24) is 10.2 Å². The highest BCUT2D eigenvalue weighted by molar-refractivity contribution is 5.85. The Morgan fingerprint density at radius 2 is 2.06 bits per heavy atom. The molecule has 0 bridgehead atoms. The zero-order valence-corrected chi connectivity index (χ0v) is 11.7. The van der Waals surface area contributed by atoms with Gasteiger partial charge in [0, 0.05) is 20.2 Å². The van der Waals surface area contributed by atoms with Crippen molar-refractivity contribution in [2.75, 3.05) is 40.4 Å². The monoisotopic (exact) mass is 264 g/mol. The first-order chi connectivity index (χ1) is 7.77. The number of rotatable bonds is 6. The van der Waals surface area contributed by atoms with Crippen LogP contribution in [-0.2, 0) is 9.53 Å². The summed E-state index contributed by atoms with van der Waals surface area (Å²) in [5, 5.41) is 3.18. The van der Waals surface area contributed by atoms with Crippen LogP contribution >= 0.6 is 12.4 Å². The summed E-state index contributed by atoms with van der Waals surface area (Å²) in [7, 11) is 3.63. The second-order valence-electron chi connectivity index (χ2n) is 4.46. The lowest BCUT2D eigenvalue weighted by Crippen LogP contribution is -2.39. The molecule has 102 valence electrons. The number of hydrogen-bond donors (Lipinski definition) is 1. The van der Waals surface area contributed by atoms with E-state index in [0.717, 1.165) is 38.4 Å². The molecule has 0 spiro atoms. The second-order valence-corrected chi connectivity index (χ2v) is 4.46. The van der Waals surface area contributed by atoms with Crippen LogP contribution in [0.25, 0.3) is 0 Å². The summed E-state index contributed by atoms with van der Waals surface area (Å²) in [5.74, 6) is 1.04. The van der Waals surface area contributed by atoms with Gasteiger partial charge in [0.25, 0.3) is 0 Å². The van der Waals surface area contributed by atoms with Crippen molar-refractivity contribution in [3.63, 3.8) is 0 Å². The molecule has 0 unspecified atom stereocenters. The van der Waals surface area contributed by atoms with Gasteiger partial charge >= 0.3 is 0 Å². The lowest BCUT2D eigenvalue weighted by molar-refractivity contribution is -0.133. The molecule has 1 rings (SSSR count). The Labute approximate surface area is 110 Å². The number of ether oxygens (including phenoxy) is 1. The summed E-state index contributed by atoms with van der Waals surface area (Å²) < 4.78 is 4.92. The van der Waals surface area contributed by atoms with Crippen LogP contribution in [0.3, 0.4) is 0 Å². The first-order valence-electron chi connectivity index (χ1n) is 6.19. The largest absolute Gasteiger partial charge is 0.384 e. The first kappa shape index (κ1) is 16.7.